The number of carbonyl (C=O) groups excluding carboxylic acids is 3. The Labute approximate surface area is 118 Å². The molecule has 1 aliphatic heterocycles. The van der Waals surface area contributed by atoms with Crippen LogP contribution in [0.1, 0.15) is 20.8 Å². The SMILES string of the molecule is C=CC(=O)N1CCN(C(=O)OC(C)(C)C)CC1C(N)=O. The molecular formula is C13H21N3O4. The summed E-state index contributed by atoms with van der Waals surface area (Å²) in [6, 6.07) is -0.859. The first kappa shape index (κ1) is 16.0. The average molecular weight is 283 g/mol. The van der Waals surface area contributed by atoms with Crippen molar-refractivity contribution in [1.29, 1.82) is 0 Å². The minimum Gasteiger partial charge on any atom is -0.444 e. The number of piperazine rings is 1. The Kier molecular flexibility index (Phi) is 4.75. The number of rotatable bonds is 2. The molecule has 0 aromatic carbocycles. The normalized spacial score (nSPS) is 19.4. The van der Waals surface area contributed by atoms with E-state index in [2.05, 4.69) is 6.58 Å². The summed E-state index contributed by atoms with van der Waals surface area (Å²) in [6.45, 7) is 9.20. The van der Waals surface area contributed by atoms with E-state index < -0.39 is 23.6 Å². The van der Waals surface area contributed by atoms with Gasteiger partial charge in [0.1, 0.15) is 11.6 Å². The van der Waals surface area contributed by atoms with Gasteiger partial charge in [0.05, 0.1) is 6.54 Å². The van der Waals surface area contributed by atoms with E-state index in [1.165, 1.54) is 9.80 Å². The van der Waals surface area contributed by atoms with E-state index in [9.17, 15) is 14.4 Å². The molecule has 1 rings (SSSR count). The van der Waals surface area contributed by atoms with E-state index in [1.807, 2.05) is 0 Å². The zero-order valence-electron chi connectivity index (χ0n) is 12.1. The second-order valence-corrected chi connectivity index (χ2v) is 5.58. The summed E-state index contributed by atoms with van der Waals surface area (Å²) in [6.07, 6.45) is 0.605. The minimum absolute atomic E-state index is 0.0316. The predicted octanol–water partition coefficient (Wildman–Crippen LogP) is 0.106. The number of carbonyl (C=O) groups is 3. The standard InChI is InChI=1S/C13H21N3O4/c1-5-10(17)16-7-6-15(8-9(16)11(14)18)12(19)20-13(2,3)4/h5,9H,1,6-8H2,2-4H3,(H2,14,18). The Hall–Kier alpha value is -2.05. The highest BCUT2D eigenvalue weighted by molar-refractivity contribution is 5.92. The van der Waals surface area contributed by atoms with Crippen LogP contribution in [0.3, 0.4) is 0 Å². The van der Waals surface area contributed by atoms with Gasteiger partial charge in [0, 0.05) is 13.1 Å². The lowest BCUT2D eigenvalue weighted by Gasteiger charge is -2.39. The monoisotopic (exact) mass is 283 g/mol. The molecule has 7 heteroatoms. The van der Waals surface area contributed by atoms with Gasteiger partial charge in [0.15, 0.2) is 0 Å². The van der Waals surface area contributed by atoms with Gasteiger partial charge in [-0.25, -0.2) is 4.79 Å². The highest BCUT2D eigenvalue weighted by Crippen LogP contribution is 2.15. The Balaban J connectivity index is 2.78. The van der Waals surface area contributed by atoms with Crippen LogP contribution in [-0.4, -0.2) is 59.0 Å². The molecule has 112 valence electrons. The van der Waals surface area contributed by atoms with Gasteiger partial charge in [-0.3, -0.25) is 9.59 Å². The Bertz CT molecular complexity index is 428. The van der Waals surface area contributed by atoms with Crippen molar-refractivity contribution in [2.75, 3.05) is 19.6 Å². The summed E-state index contributed by atoms with van der Waals surface area (Å²) in [7, 11) is 0. The van der Waals surface area contributed by atoms with Crippen molar-refractivity contribution >= 4 is 17.9 Å². The maximum atomic E-state index is 12.0. The Morgan fingerprint density at radius 1 is 1.30 bits per heavy atom. The summed E-state index contributed by atoms with van der Waals surface area (Å²) >= 11 is 0. The van der Waals surface area contributed by atoms with Gasteiger partial charge in [0.25, 0.3) is 0 Å². The molecule has 1 aliphatic rings. The van der Waals surface area contributed by atoms with E-state index >= 15 is 0 Å². The number of hydrogen-bond acceptors (Lipinski definition) is 4. The van der Waals surface area contributed by atoms with E-state index in [-0.39, 0.29) is 25.5 Å². The first-order valence-corrected chi connectivity index (χ1v) is 6.36. The van der Waals surface area contributed by atoms with Crippen LogP contribution in [0.5, 0.6) is 0 Å². The van der Waals surface area contributed by atoms with Crippen molar-refractivity contribution in [2.24, 2.45) is 5.73 Å². The van der Waals surface area contributed by atoms with E-state index in [1.54, 1.807) is 20.8 Å². The first-order chi connectivity index (χ1) is 9.15. The molecule has 20 heavy (non-hydrogen) atoms. The first-order valence-electron chi connectivity index (χ1n) is 6.36. The molecule has 7 nitrogen and oxygen atoms in total. The summed E-state index contributed by atoms with van der Waals surface area (Å²) in [5.41, 5.74) is 4.68. The lowest BCUT2D eigenvalue weighted by atomic mass is 10.1. The summed E-state index contributed by atoms with van der Waals surface area (Å²) in [5.74, 6) is -1.04. The average Bonchev–Trinajstić information content (AvgIpc) is 2.35. The molecule has 0 aromatic heterocycles. The van der Waals surface area contributed by atoms with Crippen molar-refractivity contribution in [3.8, 4) is 0 Å². The quantitative estimate of drug-likeness (QED) is 0.728. The van der Waals surface area contributed by atoms with Crippen LogP contribution in [0.4, 0.5) is 4.79 Å². The zero-order valence-corrected chi connectivity index (χ0v) is 12.1. The van der Waals surface area contributed by atoms with Crippen molar-refractivity contribution in [1.82, 2.24) is 9.80 Å². The number of ether oxygens (including phenoxy) is 1. The summed E-state index contributed by atoms with van der Waals surface area (Å²) in [4.78, 5) is 37.8. The topological polar surface area (TPSA) is 92.9 Å². The number of nitrogens with zero attached hydrogens (tertiary/aromatic N) is 2. The number of primary amides is 1. The van der Waals surface area contributed by atoms with Crippen LogP contribution in [0, 0.1) is 0 Å². The van der Waals surface area contributed by atoms with Crippen LogP contribution in [-0.2, 0) is 14.3 Å². The molecule has 3 amide bonds. The Morgan fingerprint density at radius 3 is 2.35 bits per heavy atom. The lowest BCUT2D eigenvalue weighted by molar-refractivity contribution is -0.138. The highest BCUT2D eigenvalue weighted by Gasteiger charge is 2.36. The van der Waals surface area contributed by atoms with E-state index in [0.717, 1.165) is 6.08 Å². The zero-order chi connectivity index (χ0) is 15.5. The third-order valence-corrected chi connectivity index (χ3v) is 2.82. The maximum Gasteiger partial charge on any atom is 0.410 e. The summed E-state index contributed by atoms with van der Waals surface area (Å²) < 4.78 is 5.24. The van der Waals surface area contributed by atoms with Gasteiger partial charge in [-0.15, -0.1) is 0 Å². The molecule has 1 unspecified atom stereocenters. The van der Waals surface area contributed by atoms with Gasteiger partial charge in [0.2, 0.25) is 11.8 Å². The minimum atomic E-state index is -0.859. The van der Waals surface area contributed by atoms with Crippen LogP contribution in [0.25, 0.3) is 0 Å². The molecule has 1 saturated heterocycles. The molecule has 1 heterocycles. The third kappa shape index (κ3) is 3.97. The van der Waals surface area contributed by atoms with Gasteiger partial charge in [-0.05, 0) is 26.8 Å². The molecular weight excluding hydrogens is 262 g/mol. The highest BCUT2D eigenvalue weighted by atomic mass is 16.6. The van der Waals surface area contributed by atoms with Crippen LogP contribution in [0.2, 0.25) is 0 Å². The largest absolute Gasteiger partial charge is 0.444 e. The van der Waals surface area contributed by atoms with Crippen molar-refractivity contribution in [3.05, 3.63) is 12.7 Å². The maximum absolute atomic E-state index is 12.0. The molecule has 0 aromatic rings. The van der Waals surface area contributed by atoms with Gasteiger partial charge in [-0.1, -0.05) is 6.58 Å². The molecule has 0 radical (unpaired) electrons. The number of nitrogens with two attached hydrogens (primary N) is 1. The van der Waals surface area contributed by atoms with Crippen molar-refractivity contribution < 1.29 is 19.1 Å². The van der Waals surface area contributed by atoms with Gasteiger partial charge < -0.3 is 20.3 Å². The molecule has 0 aliphatic carbocycles. The van der Waals surface area contributed by atoms with E-state index in [4.69, 9.17) is 10.5 Å². The van der Waals surface area contributed by atoms with Crippen LogP contribution in [0.15, 0.2) is 12.7 Å². The predicted molar refractivity (Wildman–Crippen MR) is 72.7 cm³/mol. The molecule has 2 N–H and O–H groups in total. The lowest BCUT2D eigenvalue weighted by Crippen LogP contribution is -2.61. The van der Waals surface area contributed by atoms with Crippen LogP contribution >= 0.6 is 0 Å². The summed E-state index contributed by atoms with van der Waals surface area (Å²) in [5, 5.41) is 0. The van der Waals surface area contributed by atoms with Gasteiger partial charge in [-0.2, -0.15) is 0 Å². The molecule has 0 bridgehead atoms. The van der Waals surface area contributed by atoms with E-state index in [0.29, 0.717) is 0 Å². The fourth-order valence-corrected chi connectivity index (χ4v) is 1.90. The smallest absolute Gasteiger partial charge is 0.410 e. The molecule has 1 atom stereocenters. The Morgan fingerprint density at radius 2 is 1.90 bits per heavy atom. The molecule has 1 fully saturated rings. The molecule has 0 spiro atoms. The third-order valence-electron chi connectivity index (χ3n) is 2.82. The van der Waals surface area contributed by atoms with Gasteiger partial charge >= 0.3 is 6.09 Å². The van der Waals surface area contributed by atoms with Crippen molar-refractivity contribution in [2.45, 2.75) is 32.4 Å². The fourth-order valence-electron chi connectivity index (χ4n) is 1.90. The second-order valence-electron chi connectivity index (χ2n) is 5.58. The second kappa shape index (κ2) is 5.94. The number of amides is 3. The molecule has 0 saturated carbocycles. The van der Waals surface area contributed by atoms with Crippen molar-refractivity contribution in [3.63, 3.8) is 0 Å². The van der Waals surface area contributed by atoms with Crippen LogP contribution < -0.4 is 5.73 Å². The number of hydrogen-bond donors (Lipinski definition) is 1. The fraction of sp³-hybridized carbons (Fsp3) is 0.615.